The molecule has 5 nitrogen and oxygen atoms in total. The number of hydrogen-bond acceptors (Lipinski definition) is 1. The van der Waals surface area contributed by atoms with Gasteiger partial charge in [0.05, 0.1) is 22.1 Å². The van der Waals surface area contributed by atoms with E-state index in [1.54, 1.807) is 0 Å². The fourth-order valence-corrected chi connectivity index (χ4v) is 11.1. The van der Waals surface area contributed by atoms with Crippen molar-refractivity contribution in [3.05, 3.63) is 272 Å². The molecule has 0 aliphatic carbocycles. The van der Waals surface area contributed by atoms with Crippen LogP contribution in [0, 0.1) is 5.41 Å². The minimum Gasteiger partial charge on any atom is -0.309 e. The summed E-state index contributed by atoms with van der Waals surface area (Å²) in [6.45, 7) is 0. The topological polar surface area (TPSA) is 58.1 Å². The van der Waals surface area contributed by atoms with Gasteiger partial charge in [0.2, 0.25) is 0 Å². The van der Waals surface area contributed by atoms with Gasteiger partial charge in [0, 0.05) is 38.4 Å². The molecule has 0 atom stereocenters. The number of para-hydroxylation sites is 1. The van der Waals surface area contributed by atoms with Crippen LogP contribution in [0.5, 0.6) is 0 Å². The van der Waals surface area contributed by atoms with E-state index in [9.17, 15) is 5.41 Å². The second kappa shape index (κ2) is 17.2. The maximum absolute atomic E-state index is 9.63. The van der Waals surface area contributed by atoms with E-state index in [0.29, 0.717) is 5.84 Å². The van der Waals surface area contributed by atoms with Crippen molar-refractivity contribution in [2.24, 2.45) is 4.99 Å². The second-order valence-electron chi connectivity index (χ2n) is 18.8. The van der Waals surface area contributed by atoms with Crippen LogP contribution in [0.2, 0.25) is 0 Å². The fourth-order valence-electron chi connectivity index (χ4n) is 11.1. The first-order valence-corrected chi connectivity index (χ1v) is 24.8. The maximum atomic E-state index is 9.63. The third-order valence-electron chi connectivity index (χ3n) is 14.6. The molecule has 0 bridgehead atoms. The van der Waals surface area contributed by atoms with E-state index in [1.165, 1.54) is 43.6 Å². The van der Waals surface area contributed by atoms with Crippen LogP contribution in [0.25, 0.3) is 115 Å². The number of nitrogens with one attached hydrogen (secondary N) is 2. The van der Waals surface area contributed by atoms with Crippen LogP contribution >= 0.6 is 0 Å². The smallest absolute Gasteiger partial charge is 0.154 e. The number of benzene rings is 12. The largest absolute Gasteiger partial charge is 0.309 e. The van der Waals surface area contributed by atoms with Crippen LogP contribution in [0.1, 0.15) is 11.1 Å². The molecule has 0 spiro atoms. The van der Waals surface area contributed by atoms with Gasteiger partial charge in [-0.05, 0) is 132 Å². The van der Waals surface area contributed by atoms with Crippen molar-refractivity contribution in [3.63, 3.8) is 0 Å². The molecule has 0 unspecified atom stereocenters. The highest BCUT2D eigenvalue weighted by atomic mass is 15.4. The summed E-state index contributed by atoms with van der Waals surface area (Å²) < 4.78 is 4.52. The van der Waals surface area contributed by atoms with Crippen molar-refractivity contribution in [2.45, 2.75) is 0 Å². The van der Waals surface area contributed by atoms with E-state index in [2.05, 4.69) is 239 Å². The number of rotatable bonds is 7. The number of hydrogen-bond donors (Lipinski definition) is 2. The van der Waals surface area contributed by atoms with E-state index >= 15 is 0 Å². The summed E-state index contributed by atoms with van der Waals surface area (Å²) in [6.07, 6.45) is 0. The molecule has 0 radical (unpaired) electrons. The lowest BCUT2D eigenvalue weighted by molar-refractivity contribution is 1.08. The Morgan fingerprint density at radius 3 is 1.18 bits per heavy atom. The molecule has 0 fully saturated rings. The Morgan fingerprint density at radius 2 is 0.685 bits per heavy atom. The molecule has 14 rings (SSSR count). The van der Waals surface area contributed by atoms with Gasteiger partial charge in [-0.25, -0.2) is 4.99 Å². The first-order valence-electron chi connectivity index (χ1n) is 24.8. The molecule has 342 valence electrons. The summed E-state index contributed by atoms with van der Waals surface area (Å²) in [5, 5.41) is 21.3. The summed E-state index contributed by atoms with van der Waals surface area (Å²) in [4.78, 5) is 5.15. The van der Waals surface area contributed by atoms with Crippen LogP contribution in [0.3, 0.4) is 0 Å². The number of aliphatic imine (C=N–C) groups is 1. The molecule has 12 aromatic carbocycles. The van der Waals surface area contributed by atoms with Crippen molar-refractivity contribution >= 4 is 87.6 Å². The minimum absolute atomic E-state index is 0.166. The molecule has 0 saturated heterocycles. The number of amidine groups is 2. The van der Waals surface area contributed by atoms with Gasteiger partial charge in [-0.15, -0.1) is 0 Å². The van der Waals surface area contributed by atoms with Crippen molar-refractivity contribution in [3.8, 4) is 39.1 Å². The van der Waals surface area contributed by atoms with Gasteiger partial charge in [0.25, 0.3) is 0 Å². The molecule has 73 heavy (non-hydrogen) atoms. The predicted molar refractivity (Wildman–Crippen MR) is 308 cm³/mol. The van der Waals surface area contributed by atoms with Crippen molar-refractivity contribution in [2.75, 3.05) is 5.43 Å². The highest BCUT2D eigenvalue weighted by molar-refractivity contribution is 6.26. The van der Waals surface area contributed by atoms with E-state index in [-0.39, 0.29) is 5.84 Å². The molecular formula is C68H45N5. The van der Waals surface area contributed by atoms with Gasteiger partial charge in [-0.1, -0.05) is 194 Å². The zero-order valence-electron chi connectivity index (χ0n) is 39.7. The molecule has 14 aromatic rings. The Bertz CT molecular complexity index is 4480. The Labute approximate surface area is 421 Å². The monoisotopic (exact) mass is 931 g/mol. The molecular weight excluding hydrogens is 887 g/mol. The minimum atomic E-state index is 0.166. The summed E-state index contributed by atoms with van der Waals surface area (Å²) in [7, 11) is 0. The van der Waals surface area contributed by atoms with Crippen LogP contribution < -0.4 is 5.43 Å². The predicted octanol–water partition coefficient (Wildman–Crippen LogP) is 17.4. The van der Waals surface area contributed by atoms with Gasteiger partial charge in [0.15, 0.2) is 11.7 Å². The Kier molecular flexibility index (Phi) is 9.93. The molecule has 0 aliphatic rings. The Morgan fingerprint density at radius 1 is 0.301 bits per heavy atom. The van der Waals surface area contributed by atoms with Crippen molar-refractivity contribution in [1.29, 1.82) is 5.41 Å². The normalized spacial score (nSPS) is 12.0. The Hall–Kier alpha value is -9.84. The molecule has 2 heterocycles. The van der Waals surface area contributed by atoms with E-state index in [1.807, 2.05) is 36.4 Å². The first-order chi connectivity index (χ1) is 36.1. The number of nitrogens with zero attached hydrogens (tertiary/aromatic N) is 3. The third kappa shape index (κ3) is 7.17. The molecule has 0 aliphatic heterocycles. The molecule has 5 heteroatoms. The first kappa shape index (κ1) is 42.1. The summed E-state index contributed by atoms with van der Waals surface area (Å²) in [5.74, 6) is 0.735. The van der Waals surface area contributed by atoms with E-state index in [4.69, 9.17) is 4.99 Å². The fraction of sp³-hybridized carbons (Fsp3) is 0. The maximum Gasteiger partial charge on any atom is 0.154 e. The molecule has 2 N–H and O–H groups in total. The molecule has 0 saturated carbocycles. The second-order valence-corrected chi connectivity index (χ2v) is 18.8. The third-order valence-corrected chi connectivity index (χ3v) is 14.6. The summed E-state index contributed by atoms with van der Waals surface area (Å²) >= 11 is 0. The highest BCUT2D eigenvalue weighted by Gasteiger charge is 2.19. The summed E-state index contributed by atoms with van der Waals surface area (Å²) in [5.41, 5.74) is 17.8. The van der Waals surface area contributed by atoms with Gasteiger partial charge < -0.3 is 4.57 Å². The number of aromatic nitrogens is 2. The lowest BCUT2D eigenvalue weighted by Crippen LogP contribution is -2.25. The van der Waals surface area contributed by atoms with Crippen molar-refractivity contribution < 1.29 is 0 Å². The van der Waals surface area contributed by atoms with Crippen LogP contribution in [0.4, 0.5) is 0 Å². The zero-order chi connectivity index (χ0) is 48.4. The molecule has 0 amide bonds. The van der Waals surface area contributed by atoms with Gasteiger partial charge in [-0.3, -0.25) is 15.5 Å². The average Bonchev–Trinajstić information content (AvgIpc) is 3.96. The van der Waals surface area contributed by atoms with Gasteiger partial charge in [-0.2, -0.15) is 0 Å². The standard InChI is InChI=1S/C68H45N5/c69-67(51-29-34-57-55-27-14-13-25-53(55)54-26-15-16-28-56(54)58(57)43-51)70-68(46-21-9-3-10-22-46)71-73-65-37-32-48(45-19-7-2-8-20-45)40-61(65)62-42-50(33-38-66(62)73)49-31-36-64-60(41-49)59-39-47(44-17-5-1-6-18-44)30-35-63(59)72(64)52-23-11-4-12-24-52/h1-43H,(H2,69,70,71). The van der Waals surface area contributed by atoms with E-state index in [0.717, 1.165) is 82.5 Å². The van der Waals surface area contributed by atoms with E-state index < -0.39 is 0 Å². The van der Waals surface area contributed by atoms with Gasteiger partial charge >= 0.3 is 0 Å². The summed E-state index contributed by atoms with van der Waals surface area (Å²) in [6, 6.07) is 92.7. The average molecular weight is 932 g/mol. The van der Waals surface area contributed by atoms with Crippen LogP contribution in [-0.2, 0) is 0 Å². The van der Waals surface area contributed by atoms with Crippen LogP contribution in [-0.4, -0.2) is 20.9 Å². The molecule has 2 aromatic heterocycles. The lowest BCUT2D eigenvalue weighted by Gasteiger charge is -2.15. The van der Waals surface area contributed by atoms with Crippen molar-refractivity contribution in [1.82, 2.24) is 9.24 Å². The zero-order valence-corrected chi connectivity index (χ0v) is 39.7. The lowest BCUT2D eigenvalue weighted by atomic mass is 9.93. The highest BCUT2D eigenvalue weighted by Crippen LogP contribution is 2.40. The quantitative estimate of drug-likeness (QED) is 0.0934. The van der Waals surface area contributed by atoms with Crippen LogP contribution in [0.15, 0.2) is 266 Å². The number of fused-ring (bicyclic) bond motifs is 12. The Balaban J connectivity index is 0.924. The van der Waals surface area contributed by atoms with Gasteiger partial charge in [0.1, 0.15) is 0 Å². The SMILES string of the molecule is N=C(N=C(Nn1c2ccc(-c3ccccc3)cc2c2cc(-c3ccc4c(c3)c3cc(-c5ccccc5)ccc3n4-c3ccccc3)ccc21)c1ccccc1)c1ccc2c3ccccc3c3ccccc3c2c1.